The summed E-state index contributed by atoms with van der Waals surface area (Å²) in [7, 11) is 1.77. The van der Waals surface area contributed by atoms with Gasteiger partial charge in [0.1, 0.15) is 0 Å². The van der Waals surface area contributed by atoms with Crippen molar-refractivity contribution >= 4 is 11.3 Å². The molecule has 0 aliphatic heterocycles. The Kier molecular flexibility index (Phi) is 8.38. The summed E-state index contributed by atoms with van der Waals surface area (Å²) in [5.74, 6) is 0. The highest BCUT2D eigenvalue weighted by atomic mass is 32.1. The molecule has 0 bridgehead atoms. The molecular formula is C16H30N2OS. The third-order valence-corrected chi connectivity index (χ3v) is 4.79. The zero-order valence-electron chi connectivity index (χ0n) is 13.3. The van der Waals surface area contributed by atoms with E-state index in [2.05, 4.69) is 42.5 Å². The molecule has 0 fully saturated rings. The first-order chi connectivity index (χ1) is 9.69. The normalized spacial score (nSPS) is 14.9. The van der Waals surface area contributed by atoms with Crippen molar-refractivity contribution in [1.29, 1.82) is 0 Å². The van der Waals surface area contributed by atoms with Crippen molar-refractivity contribution in [2.24, 2.45) is 5.73 Å². The van der Waals surface area contributed by atoms with Gasteiger partial charge in [-0.05, 0) is 41.7 Å². The summed E-state index contributed by atoms with van der Waals surface area (Å²) in [6.45, 7) is 8.39. The van der Waals surface area contributed by atoms with Gasteiger partial charge in [0.25, 0.3) is 0 Å². The van der Waals surface area contributed by atoms with Gasteiger partial charge in [0.2, 0.25) is 0 Å². The molecule has 20 heavy (non-hydrogen) atoms. The highest BCUT2D eigenvalue weighted by Crippen LogP contribution is 2.30. The van der Waals surface area contributed by atoms with E-state index in [1.165, 1.54) is 5.56 Å². The Morgan fingerprint density at radius 1 is 1.25 bits per heavy atom. The van der Waals surface area contributed by atoms with Crippen LogP contribution in [0, 0.1) is 0 Å². The lowest BCUT2D eigenvalue weighted by atomic mass is 9.95. The first-order valence-electron chi connectivity index (χ1n) is 7.71. The fourth-order valence-corrected chi connectivity index (χ4v) is 3.54. The van der Waals surface area contributed by atoms with Gasteiger partial charge in [-0.15, -0.1) is 0 Å². The second-order valence-corrected chi connectivity index (χ2v) is 6.05. The van der Waals surface area contributed by atoms with Gasteiger partial charge in [-0.2, -0.15) is 11.3 Å². The number of thiophene rings is 1. The number of methoxy groups -OCH3 is 1. The van der Waals surface area contributed by atoms with E-state index in [4.69, 9.17) is 10.5 Å². The standard InChI is InChI=1S/C16H30N2OS/c1-5-14(6-2)18(9-10-19-4)16(15(17)7-3)13-8-11-20-12-13/h8,11-12,14-16H,5-7,9-10,17H2,1-4H3. The van der Waals surface area contributed by atoms with E-state index < -0.39 is 0 Å². The van der Waals surface area contributed by atoms with E-state index in [9.17, 15) is 0 Å². The lowest BCUT2D eigenvalue weighted by Gasteiger charge is -2.40. The number of hydrogen-bond donors (Lipinski definition) is 1. The molecule has 0 aromatic carbocycles. The van der Waals surface area contributed by atoms with Crippen LogP contribution in [0.25, 0.3) is 0 Å². The van der Waals surface area contributed by atoms with Gasteiger partial charge in [-0.25, -0.2) is 0 Å². The molecule has 0 radical (unpaired) electrons. The molecule has 1 rings (SSSR count). The third kappa shape index (κ3) is 4.55. The van der Waals surface area contributed by atoms with Crippen LogP contribution < -0.4 is 5.73 Å². The van der Waals surface area contributed by atoms with Crippen molar-refractivity contribution in [2.45, 2.75) is 58.2 Å². The van der Waals surface area contributed by atoms with Gasteiger partial charge in [0.05, 0.1) is 12.6 Å². The van der Waals surface area contributed by atoms with Crippen molar-refractivity contribution < 1.29 is 4.74 Å². The van der Waals surface area contributed by atoms with Gasteiger partial charge in [-0.1, -0.05) is 20.8 Å². The van der Waals surface area contributed by atoms with Crippen molar-refractivity contribution in [3.05, 3.63) is 22.4 Å². The molecule has 0 saturated carbocycles. The lowest BCUT2D eigenvalue weighted by molar-refractivity contribution is 0.0673. The van der Waals surface area contributed by atoms with Crippen molar-refractivity contribution in [3.63, 3.8) is 0 Å². The van der Waals surface area contributed by atoms with Crippen LogP contribution in [-0.4, -0.2) is 37.2 Å². The second kappa shape index (κ2) is 9.50. The van der Waals surface area contributed by atoms with E-state index >= 15 is 0 Å². The van der Waals surface area contributed by atoms with Crippen LogP contribution in [0.15, 0.2) is 16.8 Å². The van der Waals surface area contributed by atoms with Crippen molar-refractivity contribution in [2.75, 3.05) is 20.3 Å². The van der Waals surface area contributed by atoms with Crippen LogP contribution in [0.5, 0.6) is 0 Å². The monoisotopic (exact) mass is 298 g/mol. The molecule has 0 saturated heterocycles. The molecule has 4 heteroatoms. The van der Waals surface area contributed by atoms with E-state index in [0.29, 0.717) is 12.1 Å². The predicted octanol–water partition coefficient (Wildman–Crippen LogP) is 3.66. The van der Waals surface area contributed by atoms with E-state index in [0.717, 1.165) is 32.4 Å². The van der Waals surface area contributed by atoms with Crippen LogP contribution in [0.4, 0.5) is 0 Å². The van der Waals surface area contributed by atoms with Crippen molar-refractivity contribution in [3.8, 4) is 0 Å². The average molecular weight is 298 g/mol. The zero-order valence-corrected chi connectivity index (χ0v) is 14.2. The second-order valence-electron chi connectivity index (χ2n) is 5.27. The fourth-order valence-electron chi connectivity index (χ4n) is 2.85. The summed E-state index contributed by atoms with van der Waals surface area (Å²) in [6.07, 6.45) is 3.29. The molecule has 1 aromatic rings. The molecule has 0 aliphatic carbocycles. The number of rotatable bonds is 10. The van der Waals surface area contributed by atoms with Crippen LogP contribution in [-0.2, 0) is 4.74 Å². The lowest BCUT2D eigenvalue weighted by Crippen LogP contribution is -2.47. The summed E-state index contributed by atoms with van der Waals surface area (Å²) in [4.78, 5) is 2.56. The Labute approximate surface area is 128 Å². The van der Waals surface area contributed by atoms with E-state index in [1.807, 2.05) is 0 Å². The van der Waals surface area contributed by atoms with Crippen LogP contribution in [0.3, 0.4) is 0 Å². The van der Waals surface area contributed by atoms with Crippen LogP contribution >= 0.6 is 11.3 Å². The van der Waals surface area contributed by atoms with Gasteiger partial charge in [0, 0.05) is 25.7 Å². The minimum absolute atomic E-state index is 0.169. The van der Waals surface area contributed by atoms with Crippen LogP contribution in [0.2, 0.25) is 0 Å². The van der Waals surface area contributed by atoms with Crippen molar-refractivity contribution in [1.82, 2.24) is 4.90 Å². The number of hydrogen-bond acceptors (Lipinski definition) is 4. The summed E-state index contributed by atoms with van der Waals surface area (Å²) < 4.78 is 5.31. The minimum atomic E-state index is 0.169. The molecule has 0 amide bonds. The van der Waals surface area contributed by atoms with Gasteiger partial charge in [0.15, 0.2) is 0 Å². The molecule has 0 aliphatic rings. The zero-order chi connectivity index (χ0) is 15.0. The number of ether oxygens (including phenoxy) is 1. The largest absolute Gasteiger partial charge is 0.383 e. The molecule has 2 atom stereocenters. The highest BCUT2D eigenvalue weighted by molar-refractivity contribution is 7.07. The van der Waals surface area contributed by atoms with E-state index in [-0.39, 0.29) is 6.04 Å². The maximum atomic E-state index is 6.45. The maximum absolute atomic E-state index is 6.45. The summed E-state index contributed by atoms with van der Waals surface area (Å²) >= 11 is 1.75. The van der Waals surface area contributed by atoms with Gasteiger partial charge in [-0.3, -0.25) is 4.90 Å². The fraction of sp³-hybridized carbons (Fsp3) is 0.750. The predicted molar refractivity (Wildman–Crippen MR) is 88.3 cm³/mol. The number of nitrogens with zero attached hydrogens (tertiary/aromatic N) is 1. The molecule has 1 heterocycles. The van der Waals surface area contributed by atoms with Gasteiger partial charge >= 0.3 is 0 Å². The Hall–Kier alpha value is -0.420. The molecular weight excluding hydrogens is 268 g/mol. The smallest absolute Gasteiger partial charge is 0.0590 e. The molecule has 2 unspecified atom stereocenters. The van der Waals surface area contributed by atoms with Gasteiger partial charge < -0.3 is 10.5 Å². The molecule has 0 spiro atoms. The maximum Gasteiger partial charge on any atom is 0.0590 e. The Morgan fingerprint density at radius 2 is 1.95 bits per heavy atom. The Bertz CT molecular complexity index is 338. The first kappa shape index (κ1) is 17.6. The SMILES string of the molecule is CCC(N)C(c1ccsc1)N(CCOC)C(CC)CC. The topological polar surface area (TPSA) is 38.5 Å². The number of nitrogens with two attached hydrogens (primary N) is 1. The molecule has 1 aromatic heterocycles. The summed E-state index contributed by atoms with van der Waals surface area (Å²) in [6, 6.07) is 3.24. The summed E-state index contributed by atoms with van der Waals surface area (Å²) in [5, 5.41) is 4.38. The Morgan fingerprint density at radius 3 is 2.40 bits per heavy atom. The third-order valence-electron chi connectivity index (χ3n) is 4.08. The Balaban J connectivity index is 3.02. The quantitative estimate of drug-likeness (QED) is 0.716. The highest BCUT2D eigenvalue weighted by Gasteiger charge is 2.29. The van der Waals surface area contributed by atoms with Crippen LogP contribution in [0.1, 0.15) is 51.6 Å². The molecule has 116 valence electrons. The average Bonchev–Trinajstić information content (AvgIpc) is 2.99. The first-order valence-corrected chi connectivity index (χ1v) is 8.66. The molecule has 3 nitrogen and oxygen atoms in total. The minimum Gasteiger partial charge on any atom is -0.383 e. The molecule has 2 N–H and O–H groups in total. The van der Waals surface area contributed by atoms with E-state index in [1.54, 1.807) is 18.4 Å². The summed E-state index contributed by atoms with van der Waals surface area (Å²) in [5.41, 5.74) is 7.80.